The SMILES string of the molecule is NCC1CCN1CC1CCC2(CCC2)O1. The first-order chi connectivity index (χ1) is 7.31. The summed E-state index contributed by atoms with van der Waals surface area (Å²) in [5.41, 5.74) is 6.03. The average Bonchev–Trinajstić information content (AvgIpc) is 2.57. The van der Waals surface area contributed by atoms with Gasteiger partial charge in [-0.2, -0.15) is 0 Å². The van der Waals surface area contributed by atoms with E-state index in [1.165, 1.54) is 45.1 Å². The standard InChI is InChI=1S/C12H22N2O/c13-8-10-3-7-14(10)9-11-2-6-12(15-11)4-1-5-12/h10-11H,1-9,13H2. The summed E-state index contributed by atoms with van der Waals surface area (Å²) in [5.74, 6) is 0. The average molecular weight is 210 g/mol. The summed E-state index contributed by atoms with van der Waals surface area (Å²) >= 11 is 0. The van der Waals surface area contributed by atoms with Crippen LogP contribution >= 0.6 is 0 Å². The van der Waals surface area contributed by atoms with Crippen LogP contribution in [0.5, 0.6) is 0 Å². The van der Waals surface area contributed by atoms with Gasteiger partial charge in [-0.25, -0.2) is 0 Å². The van der Waals surface area contributed by atoms with E-state index in [9.17, 15) is 0 Å². The molecule has 1 spiro atoms. The summed E-state index contributed by atoms with van der Waals surface area (Å²) in [6.07, 6.45) is 8.36. The molecule has 3 nitrogen and oxygen atoms in total. The van der Waals surface area contributed by atoms with Gasteiger partial charge in [-0.05, 0) is 38.5 Å². The Bertz CT molecular complexity index is 238. The Morgan fingerprint density at radius 2 is 2.13 bits per heavy atom. The minimum atomic E-state index is 0.327. The molecule has 15 heavy (non-hydrogen) atoms. The van der Waals surface area contributed by atoms with Gasteiger partial charge in [0.15, 0.2) is 0 Å². The van der Waals surface area contributed by atoms with Crippen LogP contribution in [-0.2, 0) is 4.74 Å². The van der Waals surface area contributed by atoms with Crippen molar-refractivity contribution in [3.05, 3.63) is 0 Å². The molecule has 2 unspecified atom stereocenters. The highest BCUT2D eigenvalue weighted by atomic mass is 16.5. The monoisotopic (exact) mass is 210 g/mol. The molecular formula is C12H22N2O. The lowest BCUT2D eigenvalue weighted by atomic mass is 9.78. The Labute approximate surface area is 91.9 Å². The molecule has 2 heterocycles. The van der Waals surface area contributed by atoms with Crippen LogP contribution in [0.25, 0.3) is 0 Å². The summed E-state index contributed by atoms with van der Waals surface area (Å²) < 4.78 is 6.20. The zero-order valence-corrected chi connectivity index (χ0v) is 9.45. The molecule has 0 aromatic rings. The molecule has 0 bridgehead atoms. The van der Waals surface area contributed by atoms with Crippen LogP contribution in [0.15, 0.2) is 0 Å². The van der Waals surface area contributed by atoms with Crippen molar-refractivity contribution in [3.63, 3.8) is 0 Å². The van der Waals surface area contributed by atoms with Gasteiger partial charge in [-0.1, -0.05) is 0 Å². The number of hydrogen-bond acceptors (Lipinski definition) is 3. The number of hydrogen-bond donors (Lipinski definition) is 1. The first-order valence-corrected chi connectivity index (χ1v) is 6.43. The van der Waals surface area contributed by atoms with Crippen LogP contribution in [0.4, 0.5) is 0 Å². The highest BCUT2D eigenvalue weighted by molar-refractivity contribution is 4.97. The van der Waals surface area contributed by atoms with Crippen molar-refractivity contribution in [2.24, 2.45) is 5.73 Å². The van der Waals surface area contributed by atoms with Crippen molar-refractivity contribution >= 4 is 0 Å². The van der Waals surface area contributed by atoms with Crippen molar-refractivity contribution in [3.8, 4) is 0 Å². The smallest absolute Gasteiger partial charge is 0.0710 e. The summed E-state index contributed by atoms with van der Waals surface area (Å²) in [5, 5.41) is 0. The first kappa shape index (κ1) is 10.1. The zero-order chi connectivity index (χ0) is 10.3. The third-order valence-corrected chi connectivity index (χ3v) is 4.58. The van der Waals surface area contributed by atoms with E-state index in [0.29, 0.717) is 17.7 Å². The summed E-state index contributed by atoms with van der Waals surface area (Å²) in [6.45, 7) is 3.18. The maximum Gasteiger partial charge on any atom is 0.0710 e. The van der Waals surface area contributed by atoms with Gasteiger partial charge < -0.3 is 10.5 Å². The van der Waals surface area contributed by atoms with Crippen LogP contribution in [0.3, 0.4) is 0 Å². The Kier molecular flexibility index (Phi) is 2.49. The second-order valence-corrected chi connectivity index (χ2v) is 5.49. The Morgan fingerprint density at radius 3 is 2.60 bits per heavy atom. The second kappa shape index (κ2) is 3.72. The maximum absolute atomic E-state index is 6.20. The van der Waals surface area contributed by atoms with Gasteiger partial charge in [0.05, 0.1) is 11.7 Å². The molecular weight excluding hydrogens is 188 g/mol. The largest absolute Gasteiger partial charge is 0.370 e. The zero-order valence-electron chi connectivity index (χ0n) is 9.45. The lowest BCUT2D eigenvalue weighted by Gasteiger charge is -2.43. The van der Waals surface area contributed by atoms with Crippen LogP contribution in [0.2, 0.25) is 0 Å². The lowest BCUT2D eigenvalue weighted by molar-refractivity contribution is -0.105. The molecule has 2 atom stereocenters. The van der Waals surface area contributed by atoms with E-state index < -0.39 is 0 Å². The van der Waals surface area contributed by atoms with Crippen molar-refractivity contribution in [2.45, 2.75) is 56.3 Å². The van der Waals surface area contributed by atoms with E-state index >= 15 is 0 Å². The minimum absolute atomic E-state index is 0.327. The molecule has 3 aliphatic rings. The third-order valence-electron chi connectivity index (χ3n) is 4.58. The molecule has 2 N–H and O–H groups in total. The molecule has 0 amide bonds. The number of nitrogens with two attached hydrogens (primary N) is 1. The van der Waals surface area contributed by atoms with Gasteiger partial charge >= 0.3 is 0 Å². The summed E-state index contributed by atoms with van der Waals surface area (Å²) in [6, 6.07) is 0.645. The van der Waals surface area contributed by atoms with E-state index in [1.54, 1.807) is 0 Å². The Hall–Kier alpha value is -0.120. The predicted octanol–water partition coefficient (Wildman–Crippen LogP) is 1.12. The Morgan fingerprint density at radius 1 is 1.27 bits per heavy atom. The molecule has 2 aliphatic heterocycles. The van der Waals surface area contributed by atoms with Crippen LogP contribution in [0.1, 0.15) is 38.5 Å². The van der Waals surface area contributed by atoms with E-state index in [0.717, 1.165) is 13.1 Å². The van der Waals surface area contributed by atoms with E-state index in [-0.39, 0.29) is 0 Å². The summed E-state index contributed by atoms with van der Waals surface area (Å²) in [7, 11) is 0. The van der Waals surface area contributed by atoms with Crippen LogP contribution in [-0.4, -0.2) is 42.3 Å². The highest BCUT2D eigenvalue weighted by Crippen LogP contribution is 2.45. The van der Waals surface area contributed by atoms with E-state index in [2.05, 4.69) is 4.90 Å². The molecule has 2 saturated heterocycles. The fourth-order valence-electron chi connectivity index (χ4n) is 3.23. The van der Waals surface area contributed by atoms with Gasteiger partial charge in [-0.15, -0.1) is 0 Å². The van der Waals surface area contributed by atoms with E-state index in [4.69, 9.17) is 10.5 Å². The third kappa shape index (κ3) is 1.71. The fourth-order valence-corrected chi connectivity index (χ4v) is 3.23. The number of ether oxygens (including phenoxy) is 1. The molecule has 86 valence electrons. The maximum atomic E-state index is 6.20. The van der Waals surface area contributed by atoms with Gasteiger partial charge in [0, 0.05) is 25.7 Å². The lowest BCUT2D eigenvalue weighted by Crippen LogP contribution is -2.54. The first-order valence-electron chi connectivity index (χ1n) is 6.43. The molecule has 3 fully saturated rings. The minimum Gasteiger partial charge on any atom is -0.370 e. The molecule has 0 aromatic heterocycles. The predicted molar refractivity (Wildman–Crippen MR) is 59.7 cm³/mol. The van der Waals surface area contributed by atoms with Crippen molar-refractivity contribution < 1.29 is 4.74 Å². The summed E-state index contributed by atoms with van der Waals surface area (Å²) in [4.78, 5) is 2.50. The van der Waals surface area contributed by atoms with Crippen molar-refractivity contribution in [1.82, 2.24) is 4.90 Å². The number of nitrogens with zero attached hydrogens (tertiary/aromatic N) is 1. The van der Waals surface area contributed by atoms with Gasteiger partial charge in [0.1, 0.15) is 0 Å². The molecule has 3 rings (SSSR count). The molecule has 1 aliphatic carbocycles. The second-order valence-electron chi connectivity index (χ2n) is 5.49. The molecule has 1 saturated carbocycles. The molecule has 3 heteroatoms. The Balaban J connectivity index is 1.48. The normalized spacial score (nSPS) is 39.0. The van der Waals surface area contributed by atoms with Crippen LogP contribution in [0, 0.1) is 0 Å². The van der Waals surface area contributed by atoms with Crippen molar-refractivity contribution in [2.75, 3.05) is 19.6 Å². The molecule has 0 radical (unpaired) electrons. The highest BCUT2D eigenvalue weighted by Gasteiger charge is 2.45. The van der Waals surface area contributed by atoms with Gasteiger partial charge in [0.2, 0.25) is 0 Å². The quantitative estimate of drug-likeness (QED) is 0.758. The number of rotatable bonds is 3. The van der Waals surface area contributed by atoms with Crippen molar-refractivity contribution in [1.29, 1.82) is 0 Å². The topological polar surface area (TPSA) is 38.5 Å². The van der Waals surface area contributed by atoms with Gasteiger partial charge in [-0.3, -0.25) is 4.90 Å². The van der Waals surface area contributed by atoms with Gasteiger partial charge in [0.25, 0.3) is 0 Å². The number of likely N-dealkylation sites (tertiary alicyclic amines) is 1. The van der Waals surface area contributed by atoms with Crippen LogP contribution < -0.4 is 5.73 Å². The fraction of sp³-hybridized carbons (Fsp3) is 1.00. The van der Waals surface area contributed by atoms with E-state index in [1.807, 2.05) is 0 Å². The molecule has 0 aromatic carbocycles.